The van der Waals surface area contributed by atoms with Crippen LogP contribution in [0, 0.1) is 0 Å². The van der Waals surface area contributed by atoms with Gasteiger partial charge in [0.05, 0.1) is 6.61 Å². The summed E-state index contributed by atoms with van der Waals surface area (Å²) < 4.78 is 8.92. The van der Waals surface area contributed by atoms with Crippen molar-refractivity contribution in [1.29, 1.82) is 0 Å². The SMILES string of the molecule is CCCCCCCCOP=NP. The molecule has 0 heterocycles. The lowest BCUT2D eigenvalue weighted by molar-refractivity contribution is 0.349. The fourth-order valence-electron chi connectivity index (χ4n) is 1.02. The molecule has 72 valence electrons. The summed E-state index contributed by atoms with van der Waals surface area (Å²) in [5.74, 6) is 0. The predicted molar refractivity (Wildman–Crippen MR) is 58.4 cm³/mol. The Morgan fingerprint density at radius 2 is 1.83 bits per heavy atom. The van der Waals surface area contributed by atoms with Gasteiger partial charge in [-0.2, -0.15) is 0 Å². The average molecular weight is 207 g/mol. The number of hydrogen-bond donors (Lipinski definition) is 0. The summed E-state index contributed by atoms with van der Waals surface area (Å²) in [6.07, 6.45) is 7.90. The van der Waals surface area contributed by atoms with E-state index in [1.54, 1.807) is 0 Å². The van der Waals surface area contributed by atoms with Crippen LogP contribution in [0.2, 0.25) is 0 Å². The summed E-state index contributed by atoms with van der Waals surface area (Å²) in [5.41, 5.74) is 0. The highest BCUT2D eigenvalue weighted by Crippen LogP contribution is 2.09. The molecule has 12 heavy (non-hydrogen) atoms. The zero-order chi connectivity index (χ0) is 9.07. The van der Waals surface area contributed by atoms with Gasteiger partial charge in [0, 0.05) is 0 Å². The van der Waals surface area contributed by atoms with E-state index >= 15 is 0 Å². The van der Waals surface area contributed by atoms with Crippen LogP contribution in [0.25, 0.3) is 0 Å². The van der Waals surface area contributed by atoms with Crippen molar-refractivity contribution >= 4 is 18.0 Å². The van der Waals surface area contributed by atoms with Crippen molar-refractivity contribution in [2.75, 3.05) is 6.61 Å². The van der Waals surface area contributed by atoms with Gasteiger partial charge in [0.1, 0.15) is 0 Å². The molecule has 0 aliphatic rings. The van der Waals surface area contributed by atoms with E-state index in [4.69, 9.17) is 4.52 Å². The molecule has 2 nitrogen and oxygen atoms in total. The first-order chi connectivity index (χ1) is 5.91. The van der Waals surface area contributed by atoms with Gasteiger partial charge in [-0.3, -0.25) is 0 Å². The van der Waals surface area contributed by atoms with Gasteiger partial charge in [-0.25, -0.2) is 4.52 Å². The molecule has 0 rings (SSSR count). The first-order valence-electron chi connectivity index (χ1n) is 4.64. The molecule has 0 saturated heterocycles. The molecule has 0 aromatic heterocycles. The van der Waals surface area contributed by atoms with Gasteiger partial charge in [-0.1, -0.05) is 39.0 Å². The maximum absolute atomic E-state index is 5.17. The summed E-state index contributed by atoms with van der Waals surface area (Å²) >= 11 is 0. The van der Waals surface area contributed by atoms with Crippen LogP contribution in [0.4, 0.5) is 0 Å². The Labute approximate surface area is 79.7 Å². The summed E-state index contributed by atoms with van der Waals surface area (Å²) in [7, 11) is 3.03. The van der Waals surface area contributed by atoms with Crippen LogP contribution in [0.1, 0.15) is 45.4 Å². The quantitative estimate of drug-likeness (QED) is 0.431. The van der Waals surface area contributed by atoms with Crippen molar-refractivity contribution in [1.82, 2.24) is 0 Å². The highest BCUT2D eigenvalue weighted by molar-refractivity contribution is 7.31. The molecule has 0 N–H and O–H groups in total. The standard InChI is InChI=1S/C8H19NOP2/c1-2-3-4-5-6-7-8-10-12-9-11/h2-8,11H2,1H3. The molecule has 0 fully saturated rings. The van der Waals surface area contributed by atoms with Crippen molar-refractivity contribution in [3.8, 4) is 0 Å². The van der Waals surface area contributed by atoms with Gasteiger partial charge in [0.25, 0.3) is 0 Å². The van der Waals surface area contributed by atoms with E-state index in [0.717, 1.165) is 15.2 Å². The Morgan fingerprint density at radius 1 is 1.17 bits per heavy atom. The van der Waals surface area contributed by atoms with Crippen LogP contribution < -0.4 is 0 Å². The minimum absolute atomic E-state index is 0.740. The molecule has 0 bridgehead atoms. The van der Waals surface area contributed by atoms with E-state index in [-0.39, 0.29) is 0 Å². The van der Waals surface area contributed by atoms with E-state index in [2.05, 4.69) is 20.8 Å². The van der Waals surface area contributed by atoms with Gasteiger partial charge < -0.3 is 4.52 Å². The zero-order valence-corrected chi connectivity index (χ0v) is 9.88. The Bertz CT molecular complexity index is 109. The Morgan fingerprint density at radius 3 is 2.50 bits per heavy atom. The second-order valence-corrected chi connectivity index (χ2v) is 4.14. The van der Waals surface area contributed by atoms with E-state index < -0.39 is 0 Å². The Balaban J connectivity index is 2.81. The highest BCUT2D eigenvalue weighted by Gasteiger charge is 1.89. The number of rotatable bonds is 8. The number of hydrogen-bond acceptors (Lipinski definition) is 2. The van der Waals surface area contributed by atoms with Gasteiger partial charge >= 0.3 is 0 Å². The third-order valence-electron chi connectivity index (χ3n) is 1.69. The lowest BCUT2D eigenvalue weighted by Gasteiger charge is -1.98. The summed E-state index contributed by atoms with van der Waals surface area (Å²) in [4.78, 5) is 0. The molecule has 0 aromatic carbocycles. The third-order valence-corrected chi connectivity index (χ3v) is 2.37. The molecule has 1 atom stereocenters. The molecule has 0 aromatic rings. The zero-order valence-electron chi connectivity index (χ0n) is 7.83. The lowest BCUT2D eigenvalue weighted by atomic mass is 10.1. The van der Waals surface area contributed by atoms with Gasteiger partial charge in [0.2, 0.25) is 0 Å². The Kier molecular flexibility index (Phi) is 12.0. The minimum Gasteiger partial charge on any atom is -0.311 e. The molecule has 0 saturated carbocycles. The molecule has 0 aliphatic carbocycles. The van der Waals surface area contributed by atoms with Crippen LogP contribution in [0.3, 0.4) is 0 Å². The van der Waals surface area contributed by atoms with Crippen LogP contribution in [0.5, 0.6) is 0 Å². The van der Waals surface area contributed by atoms with E-state index in [1.807, 2.05) is 0 Å². The summed E-state index contributed by atoms with van der Waals surface area (Å²) in [6, 6.07) is 0. The molecule has 0 spiro atoms. The fourth-order valence-corrected chi connectivity index (χ4v) is 1.50. The average Bonchev–Trinajstić information content (AvgIpc) is 2.10. The first kappa shape index (κ1) is 12.5. The van der Waals surface area contributed by atoms with Crippen molar-refractivity contribution in [2.24, 2.45) is 4.52 Å². The van der Waals surface area contributed by atoms with Crippen molar-refractivity contribution < 1.29 is 4.52 Å². The second-order valence-electron chi connectivity index (χ2n) is 2.80. The fraction of sp³-hybridized carbons (Fsp3) is 1.00. The van der Waals surface area contributed by atoms with Gasteiger partial charge in [0.15, 0.2) is 8.60 Å². The lowest BCUT2D eigenvalue weighted by Crippen LogP contribution is -1.84. The topological polar surface area (TPSA) is 21.6 Å². The largest absolute Gasteiger partial charge is 0.311 e. The first-order valence-corrected chi connectivity index (χ1v) is 5.92. The van der Waals surface area contributed by atoms with Gasteiger partial charge in [-0.15, -0.1) is 0 Å². The normalized spacial score (nSPS) is 11.2. The molecular weight excluding hydrogens is 188 g/mol. The van der Waals surface area contributed by atoms with Crippen LogP contribution in [-0.2, 0) is 4.52 Å². The maximum atomic E-state index is 5.17. The van der Waals surface area contributed by atoms with Crippen LogP contribution >= 0.6 is 18.0 Å². The number of nitrogens with zero attached hydrogens (tertiary/aromatic N) is 1. The molecule has 0 aliphatic heterocycles. The smallest absolute Gasteiger partial charge is 0.175 e. The van der Waals surface area contributed by atoms with Crippen molar-refractivity contribution in [3.63, 3.8) is 0 Å². The highest BCUT2D eigenvalue weighted by atomic mass is 31.1. The number of unbranched alkanes of at least 4 members (excludes halogenated alkanes) is 5. The predicted octanol–water partition coefficient (Wildman–Crippen LogP) is 4.20. The molecular formula is C8H19NOP2. The van der Waals surface area contributed by atoms with E-state index in [0.29, 0.717) is 0 Å². The van der Waals surface area contributed by atoms with Crippen LogP contribution in [-0.4, -0.2) is 6.61 Å². The molecule has 4 heteroatoms. The molecule has 0 radical (unpaired) electrons. The summed E-state index contributed by atoms with van der Waals surface area (Å²) in [5, 5.41) is 0. The molecule has 1 unspecified atom stereocenters. The van der Waals surface area contributed by atoms with Crippen LogP contribution in [0.15, 0.2) is 4.52 Å². The maximum Gasteiger partial charge on any atom is 0.175 e. The minimum atomic E-state index is 0.740. The second kappa shape index (κ2) is 11.5. The van der Waals surface area contributed by atoms with Crippen molar-refractivity contribution in [3.05, 3.63) is 0 Å². The third kappa shape index (κ3) is 10.5. The van der Waals surface area contributed by atoms with E-state index in [9.17, 15) is 0 Å². The summed E-state index contributed by atoms with van der Waals surface area (Å²) in [6.45, 7) is 3.09. The van der Waals surface area contributed by atoms with E-state index in [1.165, 1.54) is 38.5 Å². The van der Waals surface area contributed by atoms with Crippen molar-refractivity contribution in [2.45, 2.75) is 45.4 Å². The van der Waals surface area contributed by atoms with Gasteiger partial charge in [-0.05, 0) is 15.8 Å². The monoisotopic (exact) mass is 207 g/mol. The Hall–Kier alpha value is 0.490. The molecule has 0 amide bonds.